The maximum atomic E-state index is 12.5. The maximum absolute atomic E-state index is 12.5. The fourth-order valence-electron chi connectivity index (χ4n) is 2.44. The van der Waals surface area contributed by atoms with E-state index in [0.717, 1.165) is 25.1 Å². The van der Waals surface area contributed by atoms with Gasteiger partial charge in [-0.1, -0.05) is 30.3 Å². The van der Waals surface area contributed by atoms with Crippen molar-refractivity contribution < 1.29 is 14.0 Å². The van der Waals surface area contributed by atoms with Crippen molar-refractivity contribution >= 4 is 11.8 Å². The van der Waals surface area contributed by atoms with E-state index in [1.807, 2.05) is 30.3 Å². The zero-order valence-electron chi connectivity index (χ0n) is 12.2. The summed E-state index contributed by atoms with van der Waals surface area (Å²) in [5.41, 5.74) is 1.01. The number of carbonyl (C=O) groups is 2. The van der Waals surface area contributed by atoms with E-state index in [-0.39, 0.29) is 17.6 Å². The molecule has 1 saturated heterocycles. The molecule has 5 heteroatoms. The zero-order valence-corrected chi connectivity index (χ0v) is 12.2. The molecular formula is C17H18N2O3. The van der Waals surface area contributed by atoms with E-state index in [2.05, 4.69) is 5.32 Å². The molecule has 5 nitrogen and oxygen atoms in total. The number of rotatable bonds is 5. The number of nitrogens with one attached hydrogen (secondary N) is 1. The Labute approximate surface area is 128 Å². The highest BCUT2D eigenvalue weighted by Crippen LogP contribution is 2.12. The highest BCUT2D eigenvalue weighted by molar-refractivity contribution is 5.95. The zero-order chi connectivity index (χ0) is 15.4. The molecule has 1 fully saturated rings. The first-order valence-electron chi connectivity index (χ1n) is 7.41. The van der Waals surface area contributed by atoms with Crippen LogP contribution in [-0.4, -0.2) is 35.8 Å². The minimum absolute atomic E-state index is 0.0324. The average Bonchev–Trinajstić information content (AvgIpc) is 3.00. The maximum Gasteiger partial charge on any atom is 0.287 e. The van der Waals surface area contributed by atoms with Crippen LogP contribution in [0.4, 0.5) is 0 Å². The Bertz CT molecular complexity index is 633. The molecule has 1 aromatic heterocycles. The molecule has 0 bridgehead atoms. The highest BCUT2D eigenvalue weighted by atomic mass is 16.3. The Morgan fingerprint density at radius 2 is 1.91 bits per heavy atom. The van der Waals surface area contributed by atoms with Gasteiger partial charge < -0.3 is 14.6 Å². The predicted molar refractivity (Wildman–Crippen MR) is 81.3 cm³/mol. The molecule has 1 N–H and O–H groups in total. The number of hydrogen-bond acceptors (Lipinski definition) is 3. The summed E-state index contributed by atoms with van der Waals surface area (Å²) in [4.78, 5) is 26.5. The quantitative estimate of drug-likeness (QED) is 0.916. The summed E-state index contributed by atoms with van der Waals surface area (Å²) in [5.74, 6) is -0.177. The normalized spacial score (nSPS) is 15.0. The van der Waals surface area contributed by atoms with Gasteiger partial charge in [0.2, 0.25) is 5.91 Å². The Kier molecular flexibility index (Phi) is 4.23. The van der Waals surface area contributed by atoms with Crippen LogP contribution in [0.15, 0.2) is 53.1 Å². The van der Waals surface area contributed by atoms with Gasteiger partial charge in [0.15, 0.2) is 5.76 Å². The molecule has 0 spiro atoms. The summed E-state index contributed by atoms with van der Waals surface area (Å²) in [7, 11) is 0. The van der Waals surface area contributed by atoms with Crippen LogP contribution in [0.1, 0.15) is 22.5 Å². The molecular weight excluding hydrogens is 280 g/mol. The van der Waals surface area contributed by atoms with E-state index < -0.39 is 6.04 Å². The lowest BCUT2D eigenvalue weighted by molar-refractivity contribution is -0.136. The number of furan rings is 1. The molecule has 114 valence electrons. The smallest absolute Gasteiger partial charge is 0.287 e. The highest BCUT2D eigenvalue weighted by Gasteiger charge is 2.30. The third-order valence-corrected chi connectivity index (χ3v) is 3.80. The molecule has 22 heavy (non-hydrogen) atoms. The van der Waals surface area contributed by atoms with Crippen LogP contribution < -0.4 is 5.32 Å². The Balaban J connectivity index is 1.73. The van der Waals surface area contributed by atoms with E-state index >= 15 is 0 Å². The minimum atomic E-state index is -0.569. The summed E-state index contributed by atoms with van der Waals surface area (Å²) in [6.07, 6.45) is 2.94. The lowest BCUT2D eigenvalue weighted by atomic mass is 10.0. The molecule has 0 aliphatic carbocycles. The van der Waals surface area contributed by atoms with Crippen LogP contribution in [0.2, 0.25) is 0 Å². The first kappa shape index (κ1) is 14.4. The van der Waals surface area contributed by atoms with E-state index in [1.165, 1.54) is 6.26 Å². The third-order valence-electron chi connectivity index (χ3n) is 3.80. The number of carbonyl (C=O) groups excluding carboxylic acids is 2. The Morgan fingerprint density at radius 1 is 1.14 bits per heavy atom. The second-order valence-corrected chi connectivity index (χ2v) is 5.37. The van der Waals surface area contributed by atoms with E-state index in [1.54, 1.807) is 17.0 Å². The Morgan fingerprint density at radius 3 is 2.50 bits per heavy atom. The van der Waals surface area contributed by atoms with Gasteiger partial charge in [0.05, 0.1) is 6.26 Å². The van der Waals surface area contributed by atoms with E-state index in [9.17, 15) is 9.59 Å². The molecule has 1 atom stereocenters. The fraction of sp³-hybridized carbons (Fsp3) is 0.294. The Hall–Kier alpha value is -2.56. The van der Waals surface area contributed by atoms with Crippen molar-refractivity contribution in [3.63, 3.8) is 0 Å². The monoisotopic (exact) mass is 298 g/mol. The average molecular weight is 298 g/mol. The van der Waals surface area contributed by atoms with Crippen LogP contribution in [0.25, 0.3) is 0 Å². The van der Waals surface area contributed by atoms with Gasteiger partial charge >= 0.3 is 0 Å². The third kappa shape index (κ3) is 3.19. The number of amides is 2. The number of benzene rings is 1. The number of hydrogen-bond donors (Lipinski definition) is 1. The molecule has 2 amide bonds. The van der Waals surface area contributed by atoms with Crippen molar-refractivity contribution in [2.24, 2.45) is 0 Å². The predicted octanol–water partition coefficient (Wildman–Crippen LogP) is 1.85. The van der Waals surface area contributed by atoms with Crippen molar-refractivity contribution in [1.82, 2.24) is 10.2 Å². The van der Waals surface area contributed by atoms with Crippen molar-refractivity contribution in [3.05, 3.63) is 60.1 Å². The van der Waals surface area contributed by atoms with Crippen LogP contribution in [0.3, 0.4) is 0 Å². The summed E-state index contributed by atoms with van der Waals surface area (Å²) >= 11 is 0. The van der Waals surface area contributed by atoms with Crippen molar-refractivity contribution in [2.45, 2.75) is 18.9 Å². The van der Waals surface area contributed by atoms with Gasteiger partial charge in [-0.2, -0.15) is 0 Å². The van der Waals surface area contributed by atoms with Crippen LogP contribution in [0, 0.1) is 0 Å². The van der Waals surface area contributed by atoms with Crippen LogP contribution in [-0.2, 0) is 11.2 Å². The molecule has 1 aliphatic rings. The molecule has 1 unspecified atom stereocenters. The van der Waals surface area contributed by atoms with Crippen molar-refractivity contribution in [3.8, 4) is 0 Å². The largest absolute Gasteiger partial charge is 0.459 e. The SMILES string of the molecule is O=C(NC(Cc1ccccc1)C(=O)N1CCC1)c1ccco1. The molecule has 0 radical (unpaired) electrons. The van der Waals surface area contributed by atoms with Gasteiger partial charge in [0.25, 0.3) is 5.91 Å². The van der Waals surface area contributed by atoms with Gasteiger partial charge in [-0.3, -0.25) is 9.59 Å². The van der Waals surface area contributed by atoms with Crippen LogP contribution >= 0.6 is 0 Å². The lowest BCUT2D eigenvalue weighted by Gasteiger charge is -2.34. The van der Waals surface area contributed by atoms with Gasteiger partial charge in [-0.05, 0) is 24.1 Å². The first-order valence-corrected chi connectivity index (χ1v) is 7.41. The van der Waals surface area contributed by atoms with E-state index in [0.29, 0.717) is 6.42 Å². The molecule has 3 rings (SSSR count). The van der Waals surface area contributed by atoms with Gasteiger partial charge in [0, 0.05) is 19.5 Å². The second kappa shape index (κ2) is 6.47. The lowest BCUT2D eigenvalue weighted by Crippen LogP contribution is -2.53. The standard InChI is InChI=1S/C17H18N2O3/c20-16(15-8-4-11-22-15)18-14(17(21)19-9-5-10-19)12-13-6-2-1-3-7-13/h1-4,6-8,11,14H,5,9-10,12H2,(H,18,20). The summed E-state index contributed by atoms with van der Waals surface area (Å²) in [5, 5.41) is 2.79. The van der Waals surface area contributed by atoms with Gasteiger partial charge in [-0.25, -0.2) is 0 Å². The second-order valence-electron chi connectivity index (χ2n) is 5.37. The van der Waals surface area contributed by atoms with Crippen molar-refractivity contribution in [1.29, 1.82) is 0 Å². The van der Waals surface area contributed by atoms with Crippen LogP contribution in [0.5, 0.6) is 0 Å². The number of likely N-dealkylation sites (tertiary alicyclic amines) is 1. The fourth-order valence-corrected chi connectivity index (χ4v) is 2.44. The number of nitrogens with zero attached hydrogens (tertiary/aromatic N) is 1. The van der Waals surface area contributed by atoms with Crippen molar-refractivity contribution in [2.75, 3.05) is 13.1 Å². The molecule has 0 saturated carbocycles. The topological polar surface area (TPSA) is 62.6 Å². The van der Waals surface area contributed by atoms with E-state index in [4.69, 9.17) is 4.42 Å². The molecule has 2 heterocycles. The summed E-state index contributed by atoms with van der Waals surface area (Å²) in [6, 6.07) is 12.4. The summed E-state index contributed by atoms with van der Waals surface area (Å²) < 4.78 is 5.09. The minimum Gasteiger partial charge on any atom is -0.459 e. The molecule has 1 aromatic carbocycles. The molecule has 2 aromatic rings. The molecule has 1 aliphatic heterocycles. The summed E-state index contributed by atoms with van der Waals surface area (Å²) in [6.45, 7) is 1.53. The van der Waals surface area contributed by atoms with Gasteiger partial charge in [0.1, 0.15) is 6.04 Å². The van der Waals surface area contributed by atoms with Gasteiger partial charge in [-0.15, -0.1) is 0 Å². The first-order chi connectivity index (χ1) is 10.7.